The number of aromatic amines is 1. The van der Waals surface area contributed by atoms with Gasteiger partial charge >= 0.3 is 6.18 Å². The highest BCUT2D eigenvalue weighted by Gasteiger charge is 2.52. The van der Waals surface area contributed by atoms with Crippen molar-refractivity contribution in [3.8, 4) is 34.5 Å². The van der Waals surface area contributed by atoms with Crippen molar-refractivity contribution in [3.63, 3.8) is 0 Å². The number of pyridine rings is 1. The lowest BCUT2D eigenvalue weighted by Crippen LogP contribution is -2.55. The Morgan fingerprint density at radius 2 is 1.76 bits per heavy atom. The van der Waals surface area contributed by atoms with Crippen molar-refractivity contribution in [2.75, 3.05) is 36.2 Å². The summed E-state index contributed by atoms with van der Waals surface area (Å²) < 4.78 is 70.1. The molecule has 2 fully saturated rings. The van der Waals surface area contributed by atoms with Crippen LogP contribution in [-0.2, 0) is 32.3 Å². The Morgan fingerprint density at radius 1 is 1.04 bits per heavy atom. The van der Waals surface area contributed by atoms with E-state index in [2.05, 4.69) is 25.3 Å². The van der Waals surface area contributed by atoms with Crippen molar-refractivity contribution in [1.82, 2.24) is 34.7 Å². The number of benzene rings is 2. The van der Waals surface area contributed by atoms with Crippen molar-refractivity contribution in [3.05, 3.63) is 96.2 Å². The highest BCUT2D eigenvalue weighted by molar-refractivity contribution is 7.81. The van der Waals surface area contributed by atoms with Crippen LogP contribution in [0.2, 0.25) is 0 Å². The van der Waals surface area contributed by atoms with E-state index < -0.39 is 69.8 Å². The zero-order valence-electron chi connectivity index (χ0n) is 38.1. The van der Waals surface area contributed by atoms with Crippen LogP contribution in [0.25, 0.3) is 22.6 Å². The molecule has 5 aromatic rings. The summed E-state index contributed by atoms with van der Waals surface area (Å²) in [6.45, 7) is 9.08. The van der Waals surface area contributed by atoms with Crippen molar-refractivity contribution < 1.29 is 46.5 Å². The maximum atomic E-state index is 15.4. The first kappa shape index (κ1) is 49.2. The molecule has 68 heavy (non-hydrogen) atoms. The predicted molar refractivity (Wildman–Crippen MR) is 245 cm³/mol. The molecule has 21 heteroatoms. The number of aryl methyl sites for hydroxylation is 1. The third-order valence-electron chi connectivity index (χ3n) is 11.8. The highest BCUT2D eigenvalue weighted by atomic mass is 32.1. The third-order valence-corrected chi connectivity index (χ3v) is 12.1. The number of nitrogens with zero attached hydrogens (tertiary/aromatic N) is 8. The number of aliphatic hydroxyl groups is 1. The minimum absolute atomic E-state index is 0.0975. The number of thiocarbonyl (C=S) groups is 1. The van der Waals surface area contributed by atoms with E-state index in [9.17, 15) is 37.9 Å². The molecule has 3 aromatic heterocycles. The monoisotopic (exact) mass is 958 g/mol. The number of unbranched alkanes of at least 4 members (excludes halogenated alkanes) is 1. The number of hydrogen-bond donors (Lipinski definition) is 3. The highest BCUT2D eigenvalue weighted by Crippen LogP contribution is 2.42. The number of imidazole rings is 2. The molecule has 0 spiro atoms. The van der Waals surface area contributed by atoms with E-state index in [-0.39, 0.29) is 30.8 Å². The van der Waals surface area contributed by atoms with Crippen LogP contribution in [0.15, 0.2) is 73.4 Å². The van der Waals surface area contributed by atoms with E-state index in [0.717, 1.165) is 29.1 Å². The summed E-state index contributed by atoms with van der Waals surface area (Å²) in [6, 6.07) is 12.1. The lowest BCUT2D eigenvalue weighted by Gasteiger charge is -2.35. The van der Waals surface area contributed by atoms with E-state index >= 15 is 4.39 Å². The van der Waals surface area contributed by atoms with E-state index in [1.807, 2.05) is 32.4 Å². The van der Waals surface area contributed by atoms with E-state index in [4.69, 9.17) is 21.7 Å². The Morgan fingerprint density at radius 3 is 2.40 bits per heavy atom. The zero-order chi connectivity index (χ0) is 49.3. The zero-order valence-corrected chi connectivity index (χ0v) is 38.9. The quantitative estimate of drug-likeness (QED) is 0.0562. The number of carbonyl (C=O) groups excluding carboxylic acids is 3. The average molecular weight is 959 g/mol. The molecule has 0 bridgehead atoms. The van der Waals surface area contributed by atoms with Crippen molar-refractivity contribution in [2.45, 2.75) is 83.8 Å². The number of alkyl halides is 3. The molecule has 2 aliphatic rings. The van der Waals surface area contributed by atoms with Gasteiger partial charge in [-0.1, -0.05) is 20.8 Å². The maximum absolute atomic E-state index is 15.4. The summed E-state index contributed by atoms with van der Waals surface area (Å²) in [5.41, 5.74) is -2.34. The number of H-pyrrole nitrogens is 1. The lowest BCUT2D eigenvalue weighted by atomic mass is 9.85. The van der Waals surface area contributed by atoms with Gasteiger partial charge in [-0.05, 0) is 92.9 Å². The summed E-state index contributed by atoms with van der Waals surface area (Å²) in [5, 5.41) is 22.4. The van der Waals surface area contributed by atoms with Gasteiger partial charge in [0.2, 0.25) is 11.8 Å². The Balaban J connectivity index is 0.869. The molecule has 358 valence electrons. The van der Waals surface area contributed by atoms with Crippen LogP contribution in [-0.4, -0.2) is 101 Å². The molecule has 3 N–H and O–H groups in total. The van der Waals surface area contributed by atoms with Crippen LogP contribution in [0.3, 0.4) is 0 Å². The van der Waals surface area contributed by atoms with Crippen molar-refractivity contribution >= 4 is 46.4 Å². The summed E-state index contributed by atoms with van der Waals surface area (Å²) in [6.07, 6.45) is 2.06. The van der Waals surface area contributed by atoms with Crippen LogP contribution < -0.4 is 19.9 Å². The first-order valence-electron chi connectivity index (χ1n) is 21.7. The summed E-state index contributed by atoms with van der Waals surface area (Å²) >= 11 is 5.53. The van der Waals surface area contributed by atoms with Crippen molar-refractivity contribution in [1.29, 1.82) is 5.26 Å². The van der Waals surface area contributed by atoms with Crippen LogP contribution in [0.4, 0.5) is 28.9 Å². The van der Waals surface area contributed by atoms with Gasteiger partial charge < -0.3 is 39.2 Å². The summed E-state index contributed by atoms with van der Waals surface area (Å²) in [5.74, 6) is -2.20. The number of aromatic nitrogens is 5. The number of anilines is 2. The second-order valence-electron chi connectivity index (χ2n) is 18.1. The van der Waals surface area contributed by atoms with Gasteiger partial charge in [-0.15, -0.1) is 0 Å². The molecular formula is C47H50F4N10O6S. The Hall–Kier alpha value is -6.76. The molecule has 2 saturated heterocycles. The largest absolute Gasteiger partial charge is 0.494 e. The number of nitrogens with one attached hydrogen (secondary N) is 2. The van der Waals surface area contributed by atoms with Gasteiger partial charge in [-0.3, -0.25) is 24.3 Å². The number of likely N-dealkylation sites (tertiary alicyclic amines) is 1. The number of amides is 3. The van der Waals surface area contributed by atoms with Crippen molar-refractivity contribution in [2.24, 2.45) is 12.5 Å². The molecule has 0 saturated carbocycles. The van der Waals surface area contributed by atoms with E-state index in [1.54, 1.807) is 60.0 Å². The molecule has 2 aliphatic heterocycles. The lowest BCUT2D eigenvalue weighted by molar-refractivity contribution is -0.141. The predicted octanol–water partition coefficient (Wildman–Crippen LogP) is 6.86. The second-order valence-corrected chi connectivity index (χ2v) is 18.5. The molecule has 5 heterocycles. The molecule has 2 aromatic carbocycles. The van der Waals surface area contributed by atoms with Crippen LogP contribution in [0.1, 0.15) is 76.9 Å². The minimum atomic E-state index is -5.19. The van der Waals surface area contributed by atoms with Gasteiger partial charge in [-0.25, -0.2) is 14.4 Å². The third kappa shape index (κ3) is 10.1. The minimum Gasteiger partial charge on any atom is -0.494 e. The summed E-state index contributed by atoms with van der Waals surface area (Å²) in [7, 11) is 1.86. The number of aliphatic hydroxyl groups excluding tert-OH is 1. The van der Waals surface area contributed by atoms with E-state index in [1.165, 1.54) is 31.0 Å². The molecule has 0 aliphatic carbocycles. The van der Waals surface area contributed by atoms with Crippen LogP contribution >= 0.6 is 12.2 Å². The van der Waals surface area contributed by atoms with Gasteiger partial charge in [-0.2, -0.15) is 18.4 Å². The Kier molecular flexibility index (Phi) is 14.1. The fourth-order valence-corrected chi connectivity index (χ4v) is 8.72. The van der Waals surface area contributed by atoms with Gasteiger partial charge in [0.05, 0.1) is 83.8 Å². The molecule has 16 nitrogen and oxygen atoms in total. The molecular weight excluding hydrogens is 909 g/mol. The number of hydrogen-bond acceptors (Lipinski definition) is 11. The van der Waals surface area contributed by atoms with Gasteiger partial charge in [0, 0.05) is 32.2 Å². The Labute approximate surface area is 394 Å². The smallest absolute Gasteiger partial charge is 0.420 e. The average Bonchev–Trinajstić information content (AvgIpc) is 4.07. The first-order valence-corrected chi connectivity index (χ1v) is 22.1. The molecule has 3 amide bonds. The fraction of sp³-hybridized carbons (Fsp3) is 0.404. The number of β-amino-alcohol motifs (C(OH)–C–C–N with tert-alkyl or cyclic N) is 1. The SMILES string of the molecule is Cn1cncc1-c1cnc([C@@H]2C[C@@H](O)CN2C(=O)[C@@H](NC(=O)COCCCCOc2ccc(-c3ccc(N4C(=S)N(c5ccc(C#N)c(C(F)(F)F)c5F)C(=O)C4(C)C)cn3)cc2)C(C)(C)C)[nH]1. The number of carbonyl (C=O) groups is 3. The molecule has 0 radical (unpaired) electrons. The van der Waals surface area contributed by atoms with Crippen LogP contribution in [0, 0.1) is 22.6 Å². The first-order chi connectivity index (χ1) is 32.1. The number of rotatable bonds is 15. The molecule has 7 rings (SSSR count). The van der Waals surface area contributed by atoms with E-state index in [0.29, 0.717) is 53.7 Å². The fourth-order valence-electron chi connectivity index (χ4n) is 8.21. The Bertz CT molecular complexity index is 2730. The maximum Gasteiger partial charge on any atom is 0.420 e. The molecule has 0 unspecified atom stereocenters. The van der Waals surface area contributed by atoms with Gasteiger partial charge in [0.15, 0.2) is 10.9 Å². The summed E-state index contributed by atoms with van der Waals surface area (Å²) in [4.78, 5) is 60.8. The number of nitriles is 1. The normalized spacial score (nSPS) is 17.7. The van der Waals surface area contributed by atoms with Crippen LogP contribution in [0.5, 0.6) is 5.75 Å². The topological polar surface area (TPSA) is 195 Å². The number of ether oxygens (including phenoxy) is 2. The molecule has 3 atom stereocenters. The standard InChI is InChI=1S/C47H50F4N10O6S/c1-45(2,3)40(42(64)59-24-30(62)19-35(59)41-55-22-33(56-41)36-23-53-26-58(36)6)57-37(63)25-66-17-7-8-18-67-31-13-9-27(10-14-31)32-15-12-29(21-54-32)61-44(68)60(43(65)46(61,4)5)34-16-11-28(20-52)38(39(34)48)47(49,50)51/h9-16,21-23,26,30,35,40,62H,7-8,17-19,24-25H2,1-6H3,(H,55,56)(H,57,63)/t30-,35+,40-/m1/s1. The van der Waals surface area contributed by atoms with Gasteiger partial charge in [0.25, 0.3) is 5.91 Å². The van der Waals surface area contributed by atoms with Gasteiger partial charge in [0.1, 0.15) is 35.3 Å². The second kappa shape index (κ2) is 19.5. The number of halogens is 4.